The summed E-state index contributed by atoms with van der Waals surface area (Å²) in [6, 6.07) is 10.3. The molecule has 2 aromatic heterocycles. The van der Waals surface area contributed by atoms with Crippen LogP contribution in [0.15, 0.2) is 53.6 Å². The second-order valence-corrected chi connectivity index (χ2v) is 8.33. The Morgan fingerprint density at radius 3 is 2.53 bits per heavy atom. The first-order chi connectivity index (χ1) is 15.2. The van der Waals surface area contributed by atoms with Gasteiger partial charge in [0.15, 0.2) is 5.82 Å². The first-order valence-electron chi connectivity index (χ1n) is 9.63. The number of aryl methyl sites for hydroxylation is 1. The molecule has 1 fully saturated rings. The van der Waals surface area contributed by atoms with Crippen molar-refractivity contribution < 1.29 is 27.1 Å². The summed E-state index contributed by atoms with van der Waals surface area (Å²) in [7, 11) is 0. The van der Waals surface area contributed by atoms with Crippen molar-refractivity contribution in [3.8, 4) is 11.7 Å². The Morgan fingerprint density at radius 1 is 1.19 bits per heavy atom. The van der Waals surface area contributed by atoms with E-state index in [1.54, 1.807) is 31.2 Å². The van der Waals surface area contributed by atoms with E-state index in [0.29, 0.717) is 22.0 Å². The molecule has 32 heavy (non-hydrogen) atoms. The quantitative estimate of drug-likeness (QED) is 0.397. The van der Waals surface area contributed by atoms with Crippen molar-refractivity contribution in [3.63, 3.8) is 0 Å². The summed E-state index contributed by atoms with van der Waals surface area (Å²) in [5, 5.41) is 4.12. The maximum Gasteiger partial charge on any atom is 0.397 e. The minimum atomic E-state index is -4.29. The van der Waals surface area contributed by atoms with Crippen molar-refractivity contribution in [2.45, 2.75) is 30.8 Å². The number of halogens is 4. The molecule has 1 aromatic carbocycles. The van der Waals surface area contributed by atoms with Crippen LogP contribution in [0.25, 0.3) is 5.82 Å². The van der Waals surface area contributed by atoms with Gasteiger partial charge in [-0.15, -0.1) is 5.10 Å². The molecule has 11 heteroatoms. The van der Waals surface area contributed by atoms with E-state index in [0.717, 1.165) is 11.9 Å². The molecule has 0 bridgehead atoms. The van der Waals surface area contributed by atoms with E-state index >= 15 is 0 Å². The van der Waals surface area contributed by atoms with E-state index in [9.17, 15) is 22.4 Å². The molecule has 0 unspecified atom stereocenters. The summed E-state index contributed by atoms with van der Waals surface area (Å²) in [6.45, 7) is 1.19. The van der Waals surface area contributed by atoms with Crippen molar-refractivity contribution >= 4 is 17.9 Å². The van der Waals surface area contributed by atoms with Gasteiger partial charge >= 0.3 is 6.18 Å². The molecule has 0 saturated heterocycles. The number of carbonyl (C=O) groups excluding carboxylic acids is 1. The molecule has 0 radical (unpaired) electrons. The number of amides is 1. The minimum absolute atomic E-state index is 0.0565. The zero-order valence-electron chi connectivity index (χ0n) is 16.8. The Balaban J connectivity index is 1.39. The zero-order chi connectivity index (χ0) is 22.9. The molecule has 1 saturated carbocycles. The number of hydrogen-bond donors (Lipinski definition) is 1. The Bertz CT molecular complexity index is 1130. The molecule has 2 heterocycles. The molecule has 1 amide bonds. The summed E-state index contributed by atoms with van der Waals surface area (Å²) in [5.41, 5.74) is -0.994. The SMILES string of the molecule is Cc1nc(-n2ccc(OCC3(C(F)(F)F)CC3)n2)ccc1C(=O)NSc1ccc(F)cc1. The van der Waals surface area contributed by atoms with Crippen LogP contribution in [0, 0.1) is 18.2 Å². The topological polar surface area (TPSA) is 69.0 Å². The maximum absolute atomic E-state index is 13.0. The van der Waals surface area contributed by atoms with Crippen LogP contribution in [-0.2, 0) is 0 Å². The lowest BCUT2D eigenvalue weighted by Crippen LogP contribution is -2.30. The highest BCUT2D eigenvalue weighted by molar-refractivity contribution is 7.98. The summed E-state index contributed by atoms with van der Waals surface area (Å²) in [4.78, 5) is 17.5. The summed E-state index contributed by atoms with van der Waals surface area (Å²) >= 11 is 1.05. The molecule has 1 aliphatic carbocycles. The van der Waals surface area contributed by atoms with E-state index in [1.165, 1.54) is 29.1 Å². The van der Waals surface area contributed by atoms with Crippen LogP contribution in [0.2, 0.25) is 0 Å². The van der Waals surface area contributed by atoms with Gasteiger partial charge in [0.25, 0.3) is 5.91 Å². The Kier molecular flexibility index (Phi) is 5.85. The lowest BCUT2D eigenvalue weighted by molar-refractivity contribution is -0.194. The number of alkyl halides is 3. The Labute approximate surface area is 185 Å². The van der Waals surface area contributed by atoms with Gasteiger partial charge in [0.05, 0.1) is 11.3 Å². The third-order valence-electron chi connectivity index (χ3n) is 5.14. The molecule has 1 aliphatic rings. The van der Waals surface area contributed by atoms with Crippen molar-refractivity contribution in [1.29, 1.82) is 0 Å². The zero-order valence-corrected chi connectivity index (χ0v) is 17.6. The molecule has 4 rings (SSSR count). The predicted molar refractivity (Wildman–Crippen MR) is 109 cm³/mol. The first kappa shape index (κ1) is 22.1. The normalized spacial score (nSPS) is 14.8. The maximum atomic E-state index is 13.0. The largest absolute Gasteiger partial charge is 0.476 e. The fourth-order valence-corrected chi connectivity index (χ4v) is 3.56. The minimum Gasteiger partial charge on any atom is -0.476 e. The molecule has 0 aliphatic heterocycles. The fraction of sp³-hybridized carbons (Fsp3) is 0.286. The Morgan fingerprint density at radius 2 is 1.91 bits per heavy atom. The second kappa shape index (κ2) is 8.45. The van der Waals surface area contributed by atoms with E-state index < -0.39 is 18.2 Å². The lowest BCUT2D eigenvalue weighted by atomic mass is 10.1. The molecule has 3 aromatic rings. The van der Waals surface area contributed by atoms with Crippen LogP contribution >= 0.6 is 11.9 Å². The summed E-state index contributed by atoms with van der Waals surface area (Å²) in [6.07, 6.45) is -2.66. The molecule has 0 spiro atoms. The number of rotatable bonds is 7. The van der Waals surface area contributed by atoms with E-state index in [4.69, 9.17) is 4.74 Å². The van der Waals surface area contributed by atoms with Gasteiger partial charge in [-0.05, 0) is 68.1 Å². The van der Waals surface area contributed by atoms with E-state index in [1.807, 2.05) is 0 Å². The average Bonchev–Trinajstić information content (AvgIpc) is 3.42. The number of ether oxygens (including phenoxy) is 1. The van der Waals surface area contributed by atoms with Crippen molar-refractivity contribution in [2.75, 3.05) is 6.61 Å². The van der Waals surface area contributed by atoms with Crippen LogP contribution in [0.4, 0.5) is 17.6 Å². The highest BCUT2D eigenvalue weighted by Gasteiger charge is 2.64. The van der Waals surface area contributed by atoms with Crippen LogP contribution in [0.3, 0.4) is 0 Å². The number of aromatic nitrogens is 3. The van der Waals surface area contributed by atoms with Gasteiger partial charge in [-0.3, -0.25) is 9.52 Å². The molecule has 0 atom stereocenters. The summed E-state index contributed by atoms with van der Waals surface area (Å²) in [5.74, 6) is -0.285. The molecular formula is C21H18F4N4O2S. The molecule has 6 nitrogen and oxygen atoms in total. The van der Waals surface area contributed by atoms with Gasteiger partial charge in [-0.2, -0.15) is 13.2 Å². The standard InChI is InChI=1S/C21H18F4N4O2S/c1-13-16(19(30)28-32-15-4-2-14(22)3-5-15)6-7-17(26-13)29-11-8-18(27-29)31-12-20(9-10-20)21(23,24)25/h2-8,11H,9-10,12H2,1H3,(H,28,30). The highest BCUT2D eigenvalue weighted by Crippen LogP contribution is 2.57. The monoisotopic (exact) mass is 466 g/mol. The number of benzene rings is 1. The number of pyridine rings is 1. The van der Waals surface area contributed by atoms with E-state index in [2.05, 4.69) is 14.8 Å². The fourth-order valence-electron chi connectivity index (χ4n) is 2.96. The average molecular weight is 466 g/mol. The van der Waals surface area contributed by atoms with Crippen molar-refractivity contribution in [2.24, 2.45) is 5.41 Å². The van der Waals surface area contributed by atoms with Gasteiger partial charge in [0.1, 0.15) is 17.8 Å². The van der Waals surface area contributed by atoms with Crippen molar-refractivity contribution in [3.05, 3.63) is 65.7 Å². The van der Waals surface area contributed by atoms with Gasteiger partial charge in [0, 0.05) is 17.2 Å². The van der Waals surface area contributed by atoms with Crippen LogP contribution in [0.1, 0.15) is 28.9 Å². The van der Waals surface area contributed by atoms with Crippen LogP contribution in [0.5, 0.6) is 5.88 Å². The number of carbonyl (C=O) groups is 1. The molecule has 1 N–H and O–H groups in total. The lowest BCUT2D eigenvalue weighted by Gasteiger charge is -2.18. The number of nitrogens with zero attached hydrogens (tertiary/aromatic N) is 3. The number of hydrogen-bond acceptors (Lipinski definition) is 5. The number of nitrogens with one attached hydrogen (secondary N) is 1. The molecular weight excluding hydrogens is 448 g/mol. The van der Waals surface area contributed by atoms with Gasteiger partial charge in [-0.1, -0.05) is 0 Å². The van der Waals surface area contributed by atoms with Crippen molar-refractivity contribution in [1.82, 2.24) is 19.5 Å². The Hall–Kier alpha value is -3.08. The first-order valence-corrected chi connectivity index (χ1v) is 10.4. The third kappa shape index (κ3) is 4.72. The smallest absolute Gasteiger partial charge is 0.397 e. The van der Waals surface area contributed by atoms with Gasteiger partial charge in [0.2, 0.25) is 5.88 Å². The summed E-state index contributed by atoms with van der Waals surface area (Å²) < 4.78 is 61.3. The molecule has 168 valence electrons. The second-order valence-electron chi connectivity index (χ2n) is 7.45. The van der Waals surface area contributed by atoms with Crippen LogP contribution in [-0.4, -0.2) is 33.5 Å². The van der Waals surface area contributed by atoms with Gasteiger partial charge in [-0.25, -0.2) is 14.1 Å². The highest BCUT2D eigenvalue weighted by atomic mass is 32.2. The van der Waals surface area contributed by atoms with E-state index in [-0.39, 0.29) is 30.4 Å². The third-order valence-corrected chi connectivity index (χ3v) is 5.94. The van der Waals surface area contributed by atoms with Crippen LogP contribution < -0.4 is 9.46 Å². The predicted octanol–water partition coefficient (Wildman–Crippen LogP) is 4.87. The van der Waals surface area contributed by atoms with Gasteiger partial charge < -0.3 is 4.74 Å².